The molecule has 0 atom stereocenters. The molecule has 0 saturated heterocycles. The molecule has 0 unspecified atom stereocenters. The second-order valence-corrected chi connectivity index (χ2v) is 15.3. The van der Waals surface area contributed by atoms with Crippen molar-refractivity contribution in [3.63, 3.8) is 0 Å². The number of nitro benzene ring substituents is 2. The van der Waals surface area contributed by atoms with Crippen LogP contribution in [0.15, 0.2) is 84.9 Å². The van der Waals surface area contributed by atoms with Crippen molar-refractivity contribution >= 4 is 65.9 Å². The van der Waals surface area contributed by atoms with E-state index in [0.29, 0.717) is 0 Å². The zero-order valence-corrected chi connectivity index (χ0v) is 26.4. The molecule has 2 aliphatic rings. The fourth-order valence-electron chi connectivity index (χ4n) is 5.23. The van der Waals surface area contributed by atoms with Gasteiger partial charge >= 0.3 is 0 Å². The van der Waals surface area contributed by atoms with Crippen LogP contribution in [0.25, 0.3) is 0 Å². The molecule has 0 saturated carbocycles. The molecule has 0 amide bonds. The molecule has 43 heavy (non-hydrogen) atoms. The number of hydrogen-bond donors (Lipinski definition) is 0. The summed E-state index contributed by atoms with van der Waals surface area (Å²) in [5.74, 6) is 3.44. The van der Waals surface area contributed by atoms with E-state index in [1.165, 1.54) is 33.6 Å². The highest BCUT2D eigenvalue weighted by atomic mass is 33.1. The minimum Gasteiger partial charge on any atom is -0.349 e. The number of non-ortho nitro benzene ring substituents is 2. The summed E-state index contributed by atoms with van der Waals surface area (Å²) < 4.78 is 0. The van der Waals surface area contributed by atoms with Crippen LogP contribution in [0.3, 0.4) is 0 Å². The van der Waals surface area contributed by atoms with E-state index in [0.717, 1.165) is 53.9 Å². The van der Waals surface area contributed by atoms with Crippen LogP contribution in [0.5, 0.6) is 0 Å². The predicted molar refractivity (Wildman–Crippen MR) is 181 cm³/mol. The van der Waals surface area contributed by atoms with Crippen LogP contribution in [0.4, 0.5) is 22.7 Å². The summed E-state index contributed by atoms with van der Waals surface area (Å²) in [6.45, 7) is 2.69. The van der Waals surface area contributed by atoms with Crippen LogP contribution in [0, 0.1) is 20.2 Å². The highest BCUT2D eigenvalue weighted by Gasteiger charge is 2.29. The number of fused-ring (bicyclic) bond motifs is 6. The summed E-state index contributed by atoms with van der Waals surface area (Å²) in [6, 6.07) is 27.3. The van der Waals surface area contributed by atoms with Gasteiger partial charge in [-0.1, -0.05) is 91.7 Å². The Morgan fingerprint density at radius 1 is 0.535 bits per heavy atom. The first kappa shape index (κ1) is 29.7. The van der Waals surface area contributed by atoms with Crippen LogP contribution in [-0.4, -0.2) is 16.5 Å². The Hall–Kier alpha value is -3.32. The summed E-state index contributed by atoms with van der Waals surface area (Å²) in [5, 5.41) is 21.7. The Morgan fingerprint density at radius 2 is 0.884 bits per heavy atom. The summed E-state index contributed by atoms with van der Waals surface area (Å²) in [7, 11) is 7.16. The maximum atomic E-state index is 10.8. The van der Waals surface area contributed by atoms with Crippen LogP contribution in [0.2, 0.25) is 0 Å². The fraction of sp³-hybridized carbons (Fsp3) is 0.226. The van der Waals surface area contributed by atoms with E-state index >= 15 is 0 Å². The van der Waals surface area contributed by atoms with Gasteiger partial charge in [0.15, 0.2) is 0 Å². The highest BCUT2D eigenvalue weighted by molar-refractivity contribution is 8.76. The first-order valence-electron chi connectivity index (χ1n) is 13.6. The van der Waals surface area contributed by atoms with E-state index < -0.39 is 0 Å². The third-order valence-corrected chi connectivity index (χ3v) is 11.9. The van der Waals surface area contributed by atoms with Crippen molar-refractivity contribution in [2.24, 2.45) is 0 Å². The Bertz CT molecular complexity index is 1520. The van der Waals surface area contributed by atoms with E-state index in [9.17, 15) is 20.2 Å². The molecule has 4 aromatic rings. The number of hydrogen-bond acceptors (Lipinski definition) is 10. The van der Waals surface area contributed by atoms with Gasteiger partial charge < -0.3 is 9.80 Å². The molecule has 220 valence electrons. The molecule has 4 aromatic carbocycles. The quantitative estimate of drug-likeness (QED) is 0.0641. The third-order valence-electron chi connectivity index (χ3n) is 7.40. The van der Waals surface area contributed by atoms with Crippen molar-refractivity contribution < 1.29 is 9.85 Å². The number of nitro groups is 2. The van der Waals surface area contributed by atoms with Gasteiger partial charge in [0.05, 0.1) is 16.5 Å². The van der Waals surface area contributed by atoms with Gasteiger partial charge in [-0.2, -0.15) is 0 Å². The van der Waals surface area contributed by atoms with Crippen molar-refractivity contribution in [3.05, 3.63) is 139 Å². The van der Waals surface area contributed by atoms with Crippen LogP contribution < -0.4 is 9.80 Å². The second-order valence-electron chi connectivity index (χ2n) is 10.4. The minimum atomic E-state index is -0.367. The average molecular weight is 649 g/mol. The van der Waals surface area contributed by atoms with Crippen molar-refractivity contribution in [2.75, 3.05) is 16.5 Å². The average Bonchev–Trinajstić information content (AvgIpc) is 3.01. The Labute approximate surface area is 265 Å². The molecule has 8 nitrogen and oxygen atoms in total. The largest absolute Gasteiger partial charge is 0.349 e. The second kappa shape index (κ2) is 13.5. The fourth-order valence-corrected chi connectivity index (χ4v) is 9.49. The first-order chi connectivity index (χ1) is 20.9. The molecular formula is C31H28N4O4S4. The topological polar surface area (TPSA) is 92.8 Å². The standard InChI is InChI=1S/C31H28N4O4S4/c36-34(37)28-7-1-22(2-8-28)17-40-42-19-24-5-11-30-26(13-24)15-32-21-33(30)16-27-14-25(6-12-31(27)32)20-43-41-18-23-3-9-29(10-4-23)35(38)39/h1-14H,15-21H2. The number of nitrogens with zero attached hydrogens (tertiary/aromatic N) is 4. The van der Waals surface area contributed by atoms with E-state index in [-0.39, 0.29) is 21.2 Å². The summed E-state index contributed by atoms with van der Waals surface area (Å²) >= 11 is 0. The van der Waals surface area contributed by atoms with Crippen molar-refractivity contribution in [3.8, 4) is 0 Å². The number of rotatable bonds is 12. The highest BCUT2D eigenvalue weighted by Crippen LogP contribution is 2.40. The summed E-state index contributed by atoms with van der Waals surface area (Å²) in [6.07, 6.45) is 0. The first-order valence-corrected chi connectivity index (χ1v) is 18.6. The number of anilines is 2. The monoisotopic (exact) mass is 648 g/mol. The lowest BCUT2D eigenvalue weighted by atomic mass is 9.99. The lowest BCUT2D eigenvalue weighted by Gasteiger charge is -2.45. The van der Waals surface area contributed by atoms with Gasteiger partial charge in [0.2, 0.25) is 0 Å². The third kappa shape index (κ3) is 7.26. The maximum Gasteiger partial charge on any atom is 0.269 e. The van der Waals surface area contributed by atoms with Gasteiger partial charge in [-0.15, -0.1) is 0 Å². The molecule has 6 rings (SSSR count). The zero-order chi connectivity index (χ0) is 29.8. The molecular weight excluding hydrogens is 621 g/mol. The van der Waals surface area contributed by atoms with Gasteiger partial charge in [0, 0.05) is 71.7 Å². The van der Waals surface area contributed by atoms with Gasteiger partial charge in [0.25, 0.3) is 11.4 Å². The van der Waals surface area contributed by atoms with E-state index in [2.05, 4.69) is 46.2 Å². The SMILES string of the molecule is O=[N+]([O-])c1ccc(CSSCc2ccc3c(c2)CN2CN3Cc3cc(CSSCc4ccc([N+](=O)[O-])cc4)ccc32)cc1. The van der Waals surface area contributed by atoms with Gasteiger partial charge in [0.1, 0.15) is 0 Å². The van der Waals surface area contributed by atoms with E-state index in [1.54, 1.807) is 45.9 Å². The van der Waals surface area contributed by atoms with Crippen molar-refractivity contribution in [1.29, 1.82) is 0 Å². The smallest absolute Gasteiger partial charge is 0.269 e. The predicted octanol–water partition coefficient (Wildman–Crippen LogP) is 8.96. The van der Waals surface area contributed by atoms with Crippen molar-refractivity contribution in [2.45, 2.75) is 36.1 Å². The van der Waals surface area contributed by atoms with Gasteiger partial charge in [-0.25, -0.2) is 0 Å². The van der Waals surface area contributed by atoms with Crippen LogP contribution in [0.1, 0.15) is 33.4 Å². The Morgan fingerprint density at radius 3 is 1.26 bits per heavy atom. The lowest BCUT2D eigenvalue weighted by Crippen LogP contribution is -2.46. The molecule has 2 aliphatic heterocycles. The van der Waals surface area contributed by atoms with E-state index in [1.807, 2.05) is 45.9 Å². The molecule has 2 bridgehead atoms. The zero-order valence-electron chi connectivity index (χ0n) is 23.1. The molecule has 2 heterocycles. The molecule has 0 aliphatic carbocycles. The molecule has 0 aromatic heterocycles. The van der Waals surface area contributed by atoms with Gasteiger partial charge in [-0.3, -0.25) is 20.2 Å². The van der Waals surface area contributed by atoms with Crippen LogP contribution >= 0.6 is 43.2 Å². The molecule has 0 radical (unpaired) electrons. The van der Waals surface area contributed by atoms with E-state index in [4.69, 9.17) is 0 Å². The normalized spacial score (nSPS) is 13.4. The molecule has 0 fully saturated rings. The molecule has 12 heteroatoms. The lowest BCUT2D eigenvalue weighted by molar-refractivity contribution is -0.385. The maximum absolute atomic E-state index is 10.8. The van der Waals surface area contributed by atoms with Gasteiger partial charge in [-0.05, 0) is 45.5 Å². The Kier molecular flexibility index (Phi) is 9.37. The van der Waals surface area contributed by atoms with Crippen LogP contribution in [-0.2, 0) is 36.1 Å². The minimum absolute atomic E-state index is 0.127. The number of benzene rings is 4. The molecule has 0 N–H and O–H groups in total. The summed E-state index contributed by atoms with van der Waals surface area (Å²) in [5.41, 5.74) is 10.4. The summed E-state index contributed by atoms with van der Waals surface area (Å²) in [4.78, 5) is 25.9. The Balaban J connectivity index is 1.00. The van der Waals surface area contributed by atoms with Crippen molar-refractivity contribution in [1.82, 2.24) is 0 Å². The molecule has 0 spiro atoms.